The highest BCUT2D eigenvalue weighted by molar-refractivity contribution is 7.85. The van der Waals surface area contributed by atoms with Gasteiger partial charge in [-0.05, 0) is 20.4 Å². The van der Waals surface area contributed by atoms with Crippen LogP contribution >= 0.6 is 15.9 Å². The number of hydrogen-bond donors (Lipinski definition) is 0. The van der Waals surface area contributed by atoms with Crippen molar-refractivity contribution >= 4 is 15.9 Å². The summed E-state index contributed by atoms with van der Waals surface area (Å²) < 4.78 is 0. The van der Waals surface area contributed by atoms with E-state index in [2.05, 4.69) is 42.3 Å². The first-order valence-corrected chi connectivity index (χ1v) is 6.66. The maximum Gasteiger partial charge on any atom is 0.0699 e. The molecular weight excluding hydrogens is 196 g/mol. The van der Waals surface area contributed by atoms with Crippen LogP contribution in [0, 0.1) is 0 Å². The van der Waals surface area contributed by atoms with E-state index in [4.69, 9.17) is 0 Å². The van der Waals surface area contributed by atoms with Gasteiger partial charge in [0.2, 0.25) is 0 Å². The summed E-state index contributed by atoms with van der Waals surface area (Å²) in [7, 11) is 2.55. The molecular formula is C10H10NP2. The predicted molar refractivity (Wildman–Crippen MR) is 58.8 cm³/mol. The van der Waals surface area contributed by atoms with Crippen LogP contribution in [0.25, 0.3) is 0 Å². The second-order valence-corrected chi connectivity index (χ2v) is 5.24. The molecule has 0 bridgehead atoms. The van der Waals surface area contributed by atoms with Crippen molar-refractivity contribution in [3.8, 4) is 0 Å². The van der Waals surface area contributed by atoms with Crippen LogP contribution in [0.4, 0.5) is 0 Å². The third-order valence-electron chi connectivity index (χ3n) is 1.99. The molecule has 1 aromatic carbocycles. The zero-order valence-corrected chi connectivity index (χ0v) is 9.22. The largest absolute Gasteiger partial charge is 0.227 e. The van der Waals surface area contributed by atoms with Gasteiger partial charge in [-0.2, -0.15) is 0 Å². The zero-order valence-electron chi connectivity index (χ0n) is 7.44. The maximum absolute atomic E-state index is 4.35. The van der Waals surface area contributed by atoms with Crippen LogP contribution < -0.4 is 5.09 Å². The lowest BCUT2D eigenvalue weighted by atomic mass is 10.1. The summed E-state index contributed by atoms with van der Waals surface area (Å²) in [5, 5.41) is 5.82. The van der Waals surface area contributed by atoms with Gasteiger partial charge in [0.15, 0.2) is 0 Å². The molecule has 1 aliphatic rings. The first-order chi connectivity index (χ1) is 6.36. The van der Waals surface area contributed by atoms with Crippen molar-refractivity contribution in [1.29, 1.82) is 0 Å². The van der Waals surface area contributed by atoms with Gasteiger partial charge < -0.3 is 0 Å². The Kier molecular flexibility index (Phi) is 2.78. The highest BCUT2D eigenvalue weighted by Crippen LogP contribution is 2.36. The third-order valence-corrected chi connectivity index (χ3v) is 4.46. The molecule has 1 heterocycles. The molecule has 2 rings (SSSR count). The van der Waals surface area contributed by atoms with E-state index in [0.29, 0.717) is 0 Å². The van der Waals surface area contributed by atoms with Crippen LogP contribution in [0.2, 0.25) is 0 Å². The average molecular weight is 206 g/mol. The lowest BCUT2D eigenvalue weighted by Gasteiger charge is -2.00. The average Bonchev–Trinajstić information content (AvgIpc) is 2.54. The fourth-order valence-electron chi connectivity index (χ4n) is 1.23. The van der Waals surface area contributed by atoms with Crippen LogP contribution in [-0.4, -0.2) is 0 Å². The summed E-state index contributed by atoms with van der Waals surface area (Å²) in [4.78, 5) is 0. The lowest BCUT2D eigenvalue weighted by Crippen LogP contribution is -1.89. The smallest absolute Gasteiger partial charge is 0.0699 e. The molecule has 1 radical (unpaired) electrons. The van der Waals surface area contributed by atoms with Gasteiger partial charge in [-0.1, -0.05) is 30.3 Å². The Morgan fingerprint density at radius 1 is 1.23 bits per heavy atom. The minimum absolute atomic E-state index is 1.06. The standard InChI is InChI=1S/C10H10NP2/c1-8-10(12-13-11-8)7-9-5-3-2-4-6-9/h2-6H,7H2,1H3. The maximum atomic E-state index is 4.35. The molecule has 0 unspecified atom stereocenters. The molecule has 0 saturated carbocycles. The van der Waals surface area contributed by atoms with Gasteiger partial charge in [0.1, 0.15) is 0 Å². The molecule has 3 heteroatoms. The molecule has 65 valence electrons. The molecule has 0 amide bonds. The molecule has 0 aromatic heterocycles. The van der Waals surface area contributed by atoms with Gasteiger partial charge >= 0.3 is 0 Å². The molecule has 0 aliphatic carbocycles. The summed E-state index contributed by atoms with van der Waals surface area (Å²) in [5.41, 5.74) is 2.61. The lowest BCUT2D eigenvalue weighted by molar-refractivity contribution is 1.11. The first-order valence-electron chi connectivity index (χ1n) is 4.22. The second kappa shape index (κ2) is 4.05. The van der Waals surface area contributed by atoms with Gasteiger partial charge in [-0.25, -0.2) is 5.09 Å². The van der Waals surface area contributed by atoms with Crippen molar-refractivity contribution in [3.05, 3.63) is 46.9 Å². The van der Waals surface area contributed by atoms with Crippen molar-refractivity contribution in [1.82, 2.24) is 5.09 Å². The molecule has 0 atom stereocenters. The highest BCUT2D eigenvalue weighted by Gasteiger charge is 2.07. The minimum Gasteiger partial charge on any atom is -0.227 e. The Labute approximate surface area is 81.7 Å². The number of allylic oxidation sites excluding steroid dienone is 2. The summed E-state index contributed by atoms with van der Waals surface area (Å²) in [5.74, 6) is 0. The van der Waals surface area contributed by atoms with Gasteiger partial charge in [0.05, 0.1) is 13.7 Å². The van der Waals surface area contributed by atoms with E-state index in [9.17, 15) is 0 Å². The Morgan fingerprint density at radius 2 is 2.00 bits per heavy atom. The van der Waals surface area contributed by atoms with E-state index in [1.165, 1.54) is 32.5 Å². The molecule has 0 saturated heterocycles. The van der Waals surface area contributed by atoms with E-state index in [0.717, 1.165) is 6.42 Å². The Bertz CT molecular complexity index is 354. The summed E-state index contributed by atoms with van der Waals surface area (Å²) in [6.45, 7) is 2.10. The van der Waals surface area contributed by atoms with Gasteiger partial charge in [0.25, 0.3) is 0 Å². The van der Waals surface area contributed by atoms with Crippen molar-refractivity contribution in [2.45, 2.75) is 13.3 Å². The fourth-order valence-corrected chi connectivity index (χ4v) is 3.67. The van der Waals surface area contributed by atoms with Crippen molar-refractivity contribution < 1.29 is 0 Å². The van der Waals surface area contributed by atoms with Crippen LogP contribution in [0.15, 0.2) is 41.3 Å². The van der Waals surface area contributed by atoms with E-state index >= 15 is 0 Å². The van der Waals surface area contributed by atoms with E-state index in [1.54, 1.807) is 0 Å². The normalized spacial score (nSPS) is 17.3. The zero-order chi connectivity index (χ0) is 9.10. The number of rotatable bonds is 2. The van der Waals surface area contributed by atoms with Crippen LogP contribution in [-0.2, 0) is 6.42 Å². The van der Waals surface area contributed by atoms with Gasteiger partial charge in [-0.3, -0.25) is 0 Å². The van der Waals surface area contributed by atoms with Crippen molar-refractivity contribution in [2.24, 2.45) is 0 Å². The number of benzene rings is 1. The summed E-state index contributed by atoms with van der Waals surface area (Å²) in [6.07, 6.45) is 1.06. The van der Waals surface area contributed by atoms with E-state index < -0.39 is 0 Å². The molecule has 0 N–H and O–H groups in total. The van der Waals surface area contributed by atoms with Crippen LogP contribution in [0.3, 0.4) is 0 Å². The molecule has 13 heavy (non-hydrogen) atoms. The second-order valence-electron chi connectivity index (χ2n) is 2.98. The van der Waals surface area contributed by atoms with Crippen LogP contribution in [0.5, 0.6) is 0 Å². The molecule has 0 spiro atoms. The molecule has 1 aromatic rings. The minimum atomic E-state index is 1.06. The molecule has 1 nitrogen and oxygen atoms in total. The summed E-state index contributed by atoms with van der Waals surface area (Å²) in [6, 6.07) is 10.6. The molecule has 1 aliphatic heterocycles. The molecule has 0 fully saturated rings. The number of hydrogen-bond acceptors (Lipinski definition) is 0. The summed E-state index contributed by atoms with van der Waals surface area (Å²) >= 11 is 0. The van der Waals surface area contributed by atoms with E-state index in [-0.39, 0.29) is 0 Å². The predicted octanol–water partition coefficient (Wildman–Crippen LogP) is 3.80. The SMILES string of the molecule is CC1=C(Cc2ccccc2)P=P[N]1. The Balaban J connectivity index is 2.15. The Hall–Kier alpha value is -0.640. The van der Waals surface area contributed by atoms with Crippen molar-refractivity contribution in [2.75, 3.05) is 0 Å². The van der Waals surface area contributed by atoms with E-state index in [1.807, 2.05) is 0 Å². The topological polar surface area (TPSA) is 14.1 Å². The quantitative estimate of drug-likeness (QED) is 0.653. The Morgan fingerprint density at radius 3 is 2.62 bits per heavy atom. The third kappa shape index (κ3) is 2.18. The fraction of sp³-hybridized carbons (Fsp3) is 0.200. The first kappa shape index (κ1) is 8.94. The van der Waals surface area contributed by atoms with Crippen LogP contribution in [0.1, 0.15) is 12.5 Å². The number of nitrogens with zero attached hydrogens (tertiary/aromatic N) is 1. The highest BCUT2D eigenvalue weighted by atomic mass is 31.7. The van der Waals surface area contributed by atoms with Gasteiger partial charge in [0, 0.05) is 11.7 Å². The monoisotopic (exact) mass is 206 g/mol. The van der Waals surface area contributed by atoms with Gasteiger partial charge in [-0.15, -0.1) is 0 Å². The van der Waals surface area contributed by atoms with Crippen molar-refractivity contribution in [3.63, 3.8) is 0 Å².